The van der Waals surface area contributed by atoms with Crippen LogP contribution in [-0.2, 0) is 4.74 Å². The minimum Gasteiger partial charge on any atom is -0.408 e. The first-order valence-corrected chi connectivity index (χ1v) is 7.64. The number of aryl methyl sites for hydroxylation is 1. The Morgan fingerprint density at radius 1 is 1.30 bits per heavy atom. The van der Waals surface area contributed by atoms with E-state index in [1.54, 1.807) is 6.20 Å². The fourth-order valence-corrected chi connectivity index (χ4v) is 2.68. The molecule has 1 saturated heterocycles. The first kappa shape index (κ1) is 15.3. The SMILES string of the molecule is CC.Cc1nc2c(N3CCOCC3)nccn2c1OI. The van der Waals surface area contributed by atoms with Gasteiger partial charge in [0.15, 0.2) is 34.5 Å². The van der Waals surface area contributed by atoms with Crippen LogP contribution in [0.5, 0.6) is 5.88 Å². The van der Waals surface area contributed by atoms with Crippen molar-refractivity contribution in [2.24, 2.45) is 0 Å². The molecule has 2 aromatic heterocycles. The minimum atomic E-state index is 0.734. The van der Waals surface area contributed by atoms with Crippen LogP contribution in [0.3, 0.4) is 0 Å². The number of hydrogen-bond donors (Lipinski definition) is 0. The van der Waals surface area contributed by atoms with Crippen LogP contribution in [0.15, 0.2) is 12.4 Å². The average Bonchev–Trinajstić information content (AvgIpc) is 2.85. The summed E-state index contributed by atoms with van der Waals surface area (Å²) in [5.41, 5.74) is 1.70. The number of imidazole rings is 1. The van der Waals surface area contributed by atoms with Crippen molar-refractivity contribution < 1.29 is 7.80 Å². The zero-order valence-electron chi connectivity index (χ0n) is 12.0. The molecule has 7 heteroatoms. The molecular formula is C13H19IN4O2. The van der Waals surface area contributed by atoms with Gasteiger partial charge in [-0.2, -0.15) is 0 Å². The molecule has 0 amide bonds. The van der Waals surface area contributed by atoms with Gasteiger partial charge in [0.05, 0.1) is 13.2 Å². The number of nitrogens with zero attached hydrogens (tertiary/aromatic N) is 4. The van der Waals surface area contributed by atoms with Gasteiger partial charge in [0.2, 0.25) is 5.88 Å². The van der Waals surface area contributed by atoms with E-state index >= 15 is 0 Å². The van der Waals surface area contributed by atoms with Gasteiger partial charge in [-0.1, -0.05) is 13.8 Å². The van der Waals surface area contributed by atoms with Crippen LogP contribution in [0, 0.1) is 6.92 Å². The van der Waals surface area contributed by atoms with E-state index in [1.807, 2.05) is 54.4 Å². The standard InChI is InChI=1S/C11H13IN4O2.C2H6/c1-8-11(18-12)16-3-2-13-9(10(16)14-8)15-4-6-17-7-5-15;1-2/h2-3H,4-7H2,1H3;1-2H3. The Morgan fingerprint density at radius 3 is 2.65 bits per heavy atom. The van der Waals surface area contributed by atoms with Gasteiger partial charge in [-0.05, 0) is 6.92 Å². The van der Waals surface area contributed by atoms with Crippen molar-refractivity contribution >= 4 is 34.5 Å². The third-order valence-electron chi connectivity index (χ3n) is 3.03. The number of hydrogen-bond acceptors (Lipinski definition) is 5. The molecule has 0 radical (unpaired) electrons. The van der Waals surface area contributed by atoms with Crippen molar-refractivity contribution in [3.05, 3.63) is 18.1 Å². The predicted octanol–water partition coefficient (Wildman–Crippen LogP) is 2.63. The van der Waals surface area contributed by atoms with E-state index in [2.05, 4.69) is 14.9 Å². The number of fused-ring (bicyclic) bond motifs is 1. The van der Waals surface area contributed by atoms with E-state index < -0.39 is 0 Å². The Hall–Kier alpha value is -1.09. The minimum absolute atomic E-state index is 0.734. The van der Waals surface area contributed by atoms with Gasteiger partial charge in [0, 0.05) is 25.5 Å². The van der Waals surface area contributed by atoms with E-state index in [9.17, 15) is 0 Å². The fourth-order valence-electron chi connectivity index (χ4n) is 2.15. The summed E-state index contributed by atoms with van der Waals surface area (Å²) in [5, 5.41) is 0. The number of anilines is 1. The van der Waals surface area contributed by atoms with Crippen molar-refractivity contribution in [1.29, 1.82) is 0 Å². The predicted molar refractivity (Wildman–Crippen MR) is 86.8 cm³/mol. The smallest absolute Gasteiger partial charge is 0.232 e. The number of morpholine rings is 1. The molecule has 3 heterocycles. The van der Waals surface area contributed by atoms with Gasteiger partial charge in [-0.15, -0.1) is 0 Å². The number of aromatic nitrogens is 3. The summed E-state index contributed by atoms with van der Waals surface area (Å²) < 4.78 is 12.6. The molecule has 1 aliphatic rings. The lowest BCUT2D eigenvalue weighted by molar-refractivity contribution is 0.122. The second-order valence-corrected chi connectivity index (χ2v) is 4.56. The molecule has 0 aliphatic carbocycles. The van der Waals surface area contributed by atoms with Gasteiger partial charge in [-0.25, -0.2) is 9.97 Å². The van der Waals surface area contributed by atoms with Crippen LogP contribution in [0.2, 0.25) is 0 Å². The molecule has 6 nitrogen and oxygen atoms in total. The fraction of sp³-hybridized carbons (Fsp3) is 0.538. The lowest BCUT2D eigenvalue weighted by atomic mass is 10.4. The molecule has 1 fully saturated rings. The van der Waals surface area contributed by atoms with Crippen LogP contribution in [0.25, 0.3) is 5.65 Å². The van der Waals surface area contributed by atoms with Crippen molar-refractivity contribution in [2.45, 2.75) is 20.8 Å². The molecular weight excluding hydrogens is 371 g/mol. The van der Waals surface area contributed by atoms with Crippen molar-refractivity contribution in [2.75, 3.05) is 31.2 Å². The topological polar surface area (TPSA) is 51.9 Å². The highest BCUT2D eigenvalue weighted by molar-refractivity contribution is 14.1. The highest BCUT2D eigenvalue weighted by atomic mass is 127. The van der Waals surface area contributed by atoms with Gasteiger partial charge in [0.1, 0.15) is 5.69 Å². The quantitative estimate of drug-likeness (QED) is 0.739. The maximum Gasteiger partial charge on any atom is 0.232 e. The summed E-state index contributed by atoms with van der Waals surface area (Å²) in [4.78, 5) is 11.2. The molecule has 0 N–H and O–H groups in total. The second kappa shape index (κ2) is 7.07. The summed E-state index contributed by atoms with van der Waals surface area (Å²) >= 11 is 1.88. The third kappa shape index (κ3) is 2.83. The number of rotatable bonds is 2. The third-order valence-corrected chi connectivity index (χ3v) is 3.44. The second-order valence-electron chi connectivity index (χ2n) is 4.12. The average molecular weight is 390 g/mol. The van der Waals surface area contributed by atoms with Crippen molar-refractivity contribution in [3.63, 3.8) is 0 Å². The molecule has 0 aromatic carbocycles. The highest BCUT2D eigenvalue weighted by Gasteiger charge is 2.19. The zero-order valence-corrected chi connectivity index (χ0v) is 14.1. The number of halogens is 1. The summed E-state index contributed by atoms with van der Waals surface area (Å²) in [7, 11) is 0. The molecule has 3 rings (SSSR count). The summed E-state index contributed by atoms with van der Waals surface area (Å²) in [6, 6.07) is 0. The lowest BCUT2D eigenvalue weighted by Crippen LogP contribution is -2.37. The van der Waals surface area contributed by atoms with Crippen LogP contribution in [-0.4, -0.2) is 40.7 Å². The molecule has 0 spiro atoms. The molecule has 0 saturated carbocycles. The molecule has 0 atom stereocenters. The van der Waals surface area contributed by atoms with Crippen LogP contribution >= 0.6 is 23.0 Å². The monoisotopic (exact) mass is 390 g/mol. The molecule has 2 aromatic rings. The van der Waals surface area contributed by atoms with Gasteiger partial charge in [-0.3, -0.25) is 4.40 Å². The van der Waals surface area contributed by atoms with Gasteiger partial charge >= 0.3 is 0 Å². The van der Waals surface area contributed by atoms with Gasteiger partial charge < -0.3 is 12.7 Å². The first-order valence-electron chi connectivity index (χ1n) is 6.76. The summed E-state index contributed by atoms with van der Waals surface area (Å²) in [5.74, 6) is 1.64. The Balaban J connectivity index is 0.000000704. The van der Waals surface area contributed by atoms with Crippen molar-refractivity contribution in [1.82, 2.24) is 14.4 Å². The lowest BCUT2D eigenvalue weighted by Gasteiger charge is -2.27. The summed E-state index contributed by atoms with van der Waals surface area (Å²) in [6.07, 6.45) is 3.64. The Bertz CT molecular complexity index is 567. The number of ether oxygens (including phenoxy) is 1. The van der Waals surface area contributed by atoms with E-state index in [0.717, 1.165) is 49.3 Å². The molecule has 0 unspecified atom stereocenters. The molecule has 110 valence electrons. The van der Waals surface area contributed by atoms with Crippen LogP contribution < -0.4 is 7.97 Å². The summed E-state index contributed by atoms with van der Waals surface area (Å²) in [6.45, 7) is 9.10. The maximum atomic E-state index is 5.36. The largest absolute Gasteiger partial charge is 0.408 e. The van der Waals surface area contributed by atoms with Crippen LogP contribution in [0.1, 0.15) is 19.5 Å². The van der Waals surface area contributed by atoms with E-state index in [-0.39, 0.29) is 0 Å². The van der Waals surface area contributed by atoms with Crippen molar-refractivity contribution in [3.8, 4) is 5.88 Å². The van der Waals surface area contributed by atoms with Crippen LogP contribution in [0.4, 0.5) is 5.82 Å². The highest BCUT2D eigenvalue weighted by Crippen LogP contribution is 2.27. The molecule has 20 heavy (non-hydrogen) atoms. The Morgan fingerprint density at radius 2 is 2.00 bits per heavy atom. The first-order chi connectivity index (χ1) is 9.81. The van der Waals surface area contributed by atoms with E-state index in [1.165, 1.54) is 0 Å². The zero-order chi connectivity index (χ0) is 14.5. The molecule has 1 aliphatic heterocycles. The van der Waals surface area contributed by atoms with E-state index in [0.29, 0.717) is 0 Å². The normalized spacial score (nSPS) is 14.9. The van der Waals surface area contributed by atoms with Gasteiger partial charge in [0.25, 0.3) is 0 Å². The maximum absolute atomic E-state index is 5.36. The van der Waals surface area contributed by atoms with E-state index in [4.69, 9.17) is 7.80 Å². The molecule has 0 bridgehead atoms. The Kier molecular flexibility index (Phi) is 5.41. The Labute approximate surface area is 132 Å².